The number of hydrogen-bond acceptors (Lipinski definition) is 5. The molecule has 0 spiro atoms. The number of rotatable bonds is 4. The summed E-state index contributed by atoms with van der Waals surface area (Å²) in [5, 5.41) is 2.87. The highest BCUT2D eigenvalue weighted by Crippen LogP contribution is 2.21. The summed E-state index contributed by atoms with van der Waals surface area (Å²) in [7, 11) is 0. The Hall–Kier alpha value is -3.00. The van der Waals surface area contributed by atoms with Gasteiger partial charge in [0.15, 0.2) is 0 Å². The van der Waals surface area contributed by atoms with Crippen LogP contribution in [0.3, 0.4) is 0 Å². The topological polar surface area (TPSA) is 74.8 Å². The molecule has 30 heavy (non-hydrogen) atoms. The molecule has 0 aliphatic carbocycles. The van der Waals surface area contributed by atoms with Gasteiger partial charge in [0.2, 0.25) is 5.91 Å². The molecule has 2 aromatic rings. The van der Waals surface area contributed by atoms with Gasteiger partial charge in [-0.15, -0.1) is 0 Å². The minimum Gasteiger partial charge on any atom is -0.378 e. The van der Waals surface area contributed by atoms with Crippen molar-refractivity contribution in [2.75, 3.05) is 49.6 Å². The number of carbonyl (C=O) groups excluding carboxylic acids is 2. The molecule has 4 rings (SSSR count). The van der Waals surface area contributed by atoms with Crippen LogP contribution in [0.4, 0.5) is 15.9 Å². The largest absolute Gasteiger partial charge is 0.378 e. The summed E-state index contributed by atoms with van der Waals surface area (Å²) in [5.74, 6) is -0.504. The Kier molecular flexibility index (Phi) is 6.23. The van der Waals surface area contributed by atoms with Crippen molar-refractivity contribution in [1.29, 1.82) is 0 Å². The van der Waals surface area contributed by atoms with Crippen molar-refractivity contribution in [1.82, 2.24) is 9.88 Å². The molecule has 2 aliphatic heterocycles. The molecule has 1 aromatic carbocycles. The van der Waals surface area contributed by atoms with Crippen LogP contribution in [0.2, 0.25) is 0 Å². The van der Waals surface area contributed by atoms with Crippen LogP contribution in [0, 0.1) is 11.7 Å². The number of morpholine rings is 1. The lowest BCUT2D eigenvalue weighted by Gasteiger charge is -2.32. The monoisotopic (exact) mass is 412 g/mol. The molecule has 158 valence electrons. The van der Waals surface area contributed by atoms with Crippen molar-refractivity contribution in [3.05, 3.63) is 54.0 Å². The van der Waals surface area contributed by atoms with E-state index in [9.17, 15) is 14.0 Å². The van der Waals surface area contributed by atoms with Crippen molar-refractivity contribution in [3.63, 3.8) is 0 Å². The molecule has 0 saturated carbocycles. The third-order valence-corrected chi connectivity index (χ3v) is 5.55. The maximum Gasteiger partial charge on any atom is 0.253 e. The lowest BCUT2D eigenvalue weighted by Crippen LogP contribution is -2.43. The van der Waals surface area contributed by atoms with Crippen LogP contribution in [0.5, 0.6) is 0 Å². The Morgan fingerprint density at radius 3 is 2.53 bits per heavy atom. The molecule has 2 aliphatic rings. The van der Waals surface area contributed by atoms with Gasteiger partial charge in [-0.1, -0.05) is 0 Å². The van der Waals surface area contributed by atoms with E-state index in [0.29, 0.717) is 44.1 Å². The molecule has 1 N–H and O–H groups in total. The molecule has 1 atom stereocenters. The molecule has 1 unspecified atom stereocenters. The first-order chi connectivity index (χ1) is 14.6. The number of ether oxygens (including phenoxy) is 1. The first-order valence-electron chi connectivity index (χ1n) is 10.2. The number of amides is 2. The minimum atomic E-state index is -0.380. The zero-order valence-electron chi connectivity index (χ0n) is 16.7. The van der Waals surface area contributed by atoms with E-state index in [1.165, 1.54) is 24.3 Å². The number of carbonyl (C=O) groups is 2. The van der Waals surface area contributed by atoms with Gasteiger partial charge in [-0.25, -0.2) is 9.37 Å². The summed E-state index contributed by atoms with van der Waals surface area (Å²) in [4.78, 5) is 33.6. The number of piperidine rings is 1. The first-order valence-corrected chi connectivity index (χ1v) is 10.2. The number of benzene rings is 1. The van der Waals surface area contributed by atoms with E-state index < -0.39 is 0 Å². The van der Waals surface area contributed by atoms with Crippen molar-refractivity contribution >= 4 is 23.3 Å². The maximum atomic E-state index is 13.1. The number of nitrogens with one attached hydrogen (secondary N) is 1. The highest BCUT2D eigenvalue weighted by Gasteiger charge is 2.29. The number of halogens is 1. The molecule has 7 nitrogen and oxygen atoms in total. The highest BCUT2D eigenvalue weighted by atomic mass is 19.1. The fourth-order valence-electron chi connectivity index (χ4n) is 3.85. The molecule has 0 bridgehead atoms. The Labute approximate surface area is 174 Å². The van der Waals surface area contributed by atoms with Crippen LogP contribution in [-0.4, -0.2) is 61.1 Å². The normalized spacial score (nSPS) is 19.4. The molecule has 2 amide bonds. The second kappa shape index (κ2) is 9.21. The molecular weight excluding hydrogens is 387 g/mol. The average molecular weight is 412 g/mol. The maximum absolute atomic E-state index is 13.1. The van der Waals surface area contributed by atoms with Gasteiger partial charge in [0.1, 0.15) is 11.6 Å². The van der Waals surface area contributed by atoms with Gasteiger partial charge >= 0.3 is 0 Å². The van der Waals surface area contributed by atoms with Gasteiger partial charge < -0.3 is 19.9 Å². The van der Waals surface area contributed by atoms with E-state index in [2.05, 4.69) is 15.2 Å². The quantitative estimate of drug-likeness (QED) is 0.836. The lowest BCUT2D eigenvalue weighted by atomic mass is 9.96. The van der Waals surface area contributed by atoms with Gasteiger partial charge in [-0.2, -0.15) is 0 Å². The van der Waals surface area contributed by atoms with Crippen LogP contribution in [-0.2, 0) is 9.53 Å². The number of likely N-dealkylation sites (tertiary alicyclic amines) is 1. The number of nitrogens with zero attached hydrogens (tertiary/aromatic N) is 3. The van der Waals surface area contributed by atoms with Crippen molar-refractivity contribution in [3.8, 4) is 0 Å². The van der Waals surface area contributed by atoms with E-state index >= 15 is 0 Å². The fourth-order valence-corrected chi connectivity index (χ4v) is 3.85. The number of anilines is 2. The van der Waals surface area contributed by atoms with Crippen molar-refractivity contribution in [2.45, 2.75) is 12.8 Å². The van der Waals surface area contributed by atoms with Gasteiger partial charge in [0, 0.05) is 31.7 Å². The van der Waals surface area contributed by atoms with E-state index in [0.717, 1.165) is 25.2 Å². The van der Waals surface area contributed by atoms with Gasteiger partial charge in [0.25, 0.3) is 5.91 Å². The average Bonchev–Trinajstić information content (AvgIpc) is 2.80. The summed E-state index contributed by atoms with van der Waals surface area (Å²) < 4.78 is 18.5. The Morgan fingerprint density at radius 1 is 1.07 bits per heavy atom. The lowest BCUT2D eigenvalue weighted by molar-refractivity contribution is -0.121. The molecule has 2 fully saturated rings. The van der Waals surface area contributed by atoms with Crippen molar-refractivity contribution < 1.29 is 18.7 Å². The molecule has 2 saturated heterocycles. The summed E-state index contributed by atoms with van der Waals surface area (Å²) in [6.07, 6.45) is 3.21. The second-order valence-electron chi connectivity index (χ2n) is 7.59. The van der Waals surface area contributed by atoms with Gasteiger partial charge in [0.05, 0.1) is 31.0 Å². The van der Waals surface area contributed by atoms with E-state index in [4.69, 9.17) is 4.74 Å². The van der Waals surface area contributed by atoms with Crippen LogP contribution in [0.15, 0.2) is 42.6 Å². The van der Waals surface area contributed by atoms with Gasteiger partial charge in [-0.3, -0.25) is 9.59 Å². The molecule has 8 heteroatoms. The molecule has 0 radical (unpaired) electrons. The van der Waals surface area contributed by atoms with Crippen molar-refractivity contribution in [2.24, 2.45) is 5.92 Å². The zero-order chi connectivity index (χ0) is 20.9. The molecular formula is C22H25FN4O3. The van der Waals surface area contributed by atoms with Crippen LogP contribution < -0.4 is 10.2 Å². The fraction of sp³-hybridized carbons (Fsp3) is 0.409. The van der Waals surface area contributed by atoms with E-state index in [1.54, 1.807) is 17.2 Å². The number of hydrogen-bond donors (Lipinski definition) is 1. The summed E-state index contributed by atoms with van der Waals surface area (Å²) in [6, 6.07) is 9.23. The number of pyridine rings is 1. The van der Waals surface area contributed by atoms with Crippen LogP contribution in [0.1, 0.15) is 23.2 Å². The third-order valence-electron chi connectivity index (χ3n) is 5.55. The van der Waals surface area contributed by atoms with E-state index in [1.807, 2.05) is 6.07 Å². The predicted octanol–water partition coefficient (Wildman–Crippen LogP) is 2.55. The highest BCUT2D eigenvalue weighted by molar-refractivity contribution is 5.96. The van der Waals surface area contributed by atoms with E-state index in [-0.39, 0.29) is 23.5 Å². The summed E-state index contributed by atoms with van der Waals surface area (Å²) >= 11 is 0. The zero-order valence-corrected chi connectivity index (χ0v) is 16.7. The standard InChI is InChI=1S/C22H25FN4O3/c23-18-5-3-16(4-6-18)22(29)27-9-1-2-17(15-27)21(28)25-20-8-7-19(14-24-20)26-10-12-30-13-11-26/h3-8,14,17H,1-2,9-13,15H2,(H,24,25,28). The number of aromatic nitrogens is 1. The smallest absolute Gasteiger partial charge is 0.253 e. The van der Waals surface area contributed by atoms with Gasteiger partial charge in [-0.05, 0) is 49.2 Å². The van der Waals surface area contributed by atoms with Crippen LogP contribution >= 0.6 is 0 Å². The third kappa shape index (κ3) is 4.76. The first kappa shape index (κ1) is 20.3. The summed E-state index contributed by atoms with van der Waals surface area (Å²) in [5.41, 5.74) is 1.43. The molecule has 1 aromatic heterocycles. The van der Waals surface area contributed by atoms with Crippen LogP contribution in [0.25, 0.3) is 0 Å². The Morgan fingerprint density at radius 2 is 1.83 bits per heavy atom. The Balaban J connectivity index is 1.35. The SMILES string of the molecule is O=C(Nc1ccc(N2CCOCC2)cn1)C1CCCN(C(=O)c2ccc(F)cc2)C1. The second-order valence-corrected chi connectivity index (χ2v) is 7.59. The minimum absolute atomic E-state index is 0.141. The summed E-state index contributed by atoms with van der Waals surface area (Å²) in [6.45, 7) is 3.99. The predicted molar refractivity (Wildman–Crippen MR) is 111 cm³/mol. The Bertz CT molecular complexity index is 882. The molecule has 3 heterocycles.